The first-order valence-corrected chi connectivity index (χ1v) is 7.13. The molecule has 0 atom stereocenters. The van der Waals surface area contributed by atoms with Crippen molar-refractivity contribution >= 4 is 23.6 Å². The molecule has 0 N–H and O–H groups in total. The molecule has 0 radical (unpaired) electrons. The second-order valence-corrected chi connectivity index (χ2v) is 4.70. The predicted octanol–water partition coefficient (Wildman–Crippen LogP) is 2.20. The van der Waals surface area contributed by atoms with Crippen LogP contribution in [-0.2, 0) is 20.8 Å². The van der Waals surface area contributed by atoms with E-state index in [2.05, 4.69) is 10.1 Å². The molecule has 2 rings (SSSR count). The Morgan fingerprint density at radius 3 is 2.91 bits per heavy atom. The van der Waals surface area contributed by atoms with Crippen molar-refractivity contribution in [2.75, 3.05) is 19.8 Å². The van der Waals surface area contributed by atoms with Crippen LogP contribution in [0.5, 0.6) is 0 Å². The molecule has 7 heteroatoms. The number of halogens is 1. The highest BCUT2D eigenvalue weighted by Crippen LogP contribution is 2.16. The highest BCUT2D eigenvalue weighted by atomic mass is 35.5. The molecule has 0 aliphatic carbocycles. The Bertz CT molecular complexity index is 614. The lowest BCUT2D eigenvalue weighted by Gasteiger charge is -2.04. The summed E-state index contributed by atoms with van der Waals surface area (Å²) in [6, 6.07) is 7.25. The van der Waals surface area contributed by atoms with Crippen molar-refractivity contribution in [3.63, 3.8) is 0 Å². The third-order valence-corrected chi connectivity index (χ3v) is 3.05. The van der Waals surface area contributed by atoms with Crippen molar-refractivity contribution in [1.82, 2.24) is 14.8 Å². The van der Waals surface area contributed by atoms with E-state index in [-0.39, 0.29) is 6.61 Å². The monoisotopic (exact) mass is 321 g/mol. The summed E-state index contributed by atoms with van der Waals surface area (Å²) in [6.07, 6.45) is 6.04. The van der Waals surface area contributed by atoms with Crippen LogP contribution in [-0.4, -0.2) is 40.6 Å². The third kappa shape index (κ3) is 5.67. The summed E-state index contributed by atoms with van der Waals surface area (Å²) < 4.78 is 12.0. The molecule has 0 saturated heterocycles. The fourth-order valence-electron chi connectivity index (χ4n) is 1.63. The van der Waals surface area contributed by atoms with Gasteiger partial charge < -0.3 is 9.47 Å². The summed E-state index contributed by atoms with van der Waals surface area (Å²) in [5, 5.41) is 4.53. The van der Waals surface area contributed by atoms with Crippen molar-refractivity contribution in [3.05, 3.63) is 53.6 Å². The van der Waals surface area contributed by atoms with Crippen molar-refractivity contribution in [2.45, 2.75) is 6.54 Å². The molecule has 116 valence electrons. The number of esters is 1. The van der Waals surface area contributed by atoms with Gasteiger partial charge in [0.2, 0.25) is 0 Å². The van der Waals surface area contributed by atoms with Crippen LogP contribution in [0.2, 0.25) is 5.02 Å². The van der Waals surface area contributed by atoms with E-state index >= 15 is 0 Å². The SMILES string of the molecule is O=C(C=Cc1ccccc1Cl)OCCOCCn1cncn1. The standard InChI is InChI=1S/C15H16ClN3O3/c16-14-4-2-1-3-13(14)5-6-15(20)22-10-9-21-8-7-19-12-17-11-18-19/h1-6,11-12H,7-10H2. The number of ether oxygens (including phenoxy) is 2. The van der Waals surface area contributed by atoms with E-state index in [4.69, 9.17) is 21.1 Å². The van der Waals surface area contributed by atoms with Gasteiger partial charge in [-0.15, -0.1) is 0 Å². The number of hydrogen-bond donors (Lipinski definition) is 0. The topological polar surface area (TPSA) is 66.2 Å². The van der Waals surface area contributed by atoms with Crippen LogP contribution in [0.15, 0.2) is 43.0 Å². The van der Waals surface area contributed by atoms with Crippen LogP contribution in [0.3, 0.4) is 0 Å². The van der Waals surface area contributed by atoms with E-state index < -0.39 is 5.97 Å². The zero-order chi connectivity index (χ0) is 15.6. The summed E-state index contributed by atoms with van der Waals surface area (Å²) in [4.78, 5) is 15.3. The lowest BCUT2D eigenvalue weighted by molar-refractivity contribution is -0.139. The normalized spacial score (nSPS) is 11.0. The third-order valence-electron chi connectivity index (χ3n) is 2.71. The van der Waals surface area contributed by atoms with E-state index in [9.17, 15) is 4.79 Å². The minimum atomic E-state index is -0.431. The highest BCUT2D eigenvalue weighted by Gasteiger charge is 1.99. The molecule has 6 nitrogen and oxygen atoms in total. The van der Waals surface area contributed by atoms with E-state index in [0.717, 1.165) is 5.56 Å². The fourth-order valence-corrected chi connectivity index (χ4v) is 1.82. The van der Waals surface area contributed by atoms with Crippen LogP contribution in [0.25, 0.3) is 6.08 Å². The second kappa shape index (κ2) is 8.96. The number of aromatic nitrogens is 3. The molecule has 0 bridgehead atoms. The number of rotatable bonds is 8. The lowest BCUT2D eigenvalue weighted by Crippen LogP contribution is -2.12. The molecule has 22 heavy (non-hydrogen) atoms. The van der Waals surface area contributed by atoms with Gasteiger partial charge in [0.1, 0.15) is 19.3 Å². The van der Waals surface area contributed by atoms with Gasteiger partial charge in [0.05, 0.1) is 19.8 Å². The Balaban J connectivity index is 1.59. The van der Waals surface area contributed by atoms with Gasteiger partial charge in [-0.3, -0.25) is 4.68 Å². The average Bonchev–Trinajstić information content (AvgIpc) is 3.03. The van der Waals surface area contributed by atoms with Gasteiger partial charge >= 0.3 is 5.97 Å². The van der Waals surface area contributed by atoms with Gasteiger partial charge in [0, 0.05) is 11.1 Å². The first-order chi connectivity index (χ1) is 10.8. The fraction of sp³-hybridized carbons (Fsp3) is 0.267. The van der Waals surface area contributed by atoms with Crippen molar-refractivity contribution in [2.24, 2.45) is 0 Å². The molecule has 0 unspecified atom stereocenters. The summed E-state index contributed by atoms with van der Waals surface area (Å²) in [5.74, 6) is -0.431. The Hall–Kier alpha value is -2.18. The first kappa shape index (κ1) is 16.2. The number of nitrogens with zero attached hydrogens (tertiary/aromatic N) is 3. The van der Waals surface area contributed by atoms with Crippen LogP contribution < -0.4 is 0 Å². The van der Waals surface area contributed by atoms with Crippen LogP contribution in [0, 0.1) is 0 Å². The summed E-state index contributed by atoms with van der Waals surface area (Å²) in [6.45, 7) is 1.63. The maximum absolute atomic E-state index is 11.5. The zero-order valence-corrected chi connectivity index (χ0v) is 12.6. The largest absolute Gasteiger partial charge is 0.460 e. The molecule has 1 aromatic carbocycles. The van der Waals surface area contributed by atoms with Crippen LogP contribution in [0.4, 0.5) is 0 Å². The van der Waals surface area contributed by atoms with E-state index in [1.807, 2.05) is 18.2 Å². The molecule has 0 amide bonds. The molecular formula is C15H16ClN3O3. The van der Waals surface area contributed by atoms with Gasteiger partial charge in [-0.2, -0.15) is 5.10 Å². The number of benzene rings is 1. The Labute approximate surface area is 133 Å². The smallest absolute Gasteiger partial charge is 0.330 e. The molecule has 0 aliphatic rings. The average molecular weight is 322 g/mol. The quantitative estimate of drug-likeness (QED) is 0.423. The number of hydrogen-bond acceptors (Lipinski definition) is 5. The first-order valence-electron chi connectivity index (χ1n) is 6.75. The molecule has 0 spiro atoms. The molecule has 1 heterocycles. The Morgan fingerprint density at radius 2 is 2.14 bits per heavy atom. The lowest BCUT2D eigenvalue weighted by atomic mass is 10.2. The molecule has 1 aromatic heterocycles. The van der Waals surface area contributed by atoms with Gasteiger partial charge in [-0.25, -0.2) is 9.78 Å². The summed E-state index contributed by atoms with van der Waals surface area (Å²) >= 11 is 5.98. The van der Waals surface area contributed by atoms with Gasteiger partial charge in [-0.05, 0) is 17.7 Å². The predicted molar refractivity (Wildman–Crippen MR) is 82.3 cm³/mol. The van der Waals surface area contributed by atoms with Crippen molar-refractivity contribution < 1.29 is 14.3 Å². The zero-order valence-electron chi connectivity index (χ0n) is 11.9. The highest BCUT2D eigenvalue weighted by molar-refractivity contribution is 6.32. The molecule has 0 saturated carbocycles. The maximum Gasteiger partial charge on any atom is 0.330 e. The number of carbonyl (C=O) groups is 1. The minimum Gasteiger partial charge on any atom is -0.460 e. The molecule has 0 aliphatic heterocycles. The Morgan fingerprint density at radius 1 is 1.27 bits per heavy atom. The maximum atomic E-state index is 11.5. The molecule has 2 aromatic rings. The number of carbonyl (C=O) groups excluding carboxylic acids is 1. The van der Waals surface area contributed by atoms with Gasteiger partial charge in [0.15, 0.2) is 0 Å². The van der Waals surface area contributed by atoms with Gasteiger partial charge in [-0.1, -0.05) is 29.8 Å². The minimum absolute atomic E-state index is 0.197. The molecule has 0 fully saturated rings. The van der Waals surface area contributed by atoms with Crippen LogP contribution >= 0.6 is 11.6 Å². The van der Waals surface area contributed by atoms with Crippen molar-refractivity contribution in [3.8, 4) is 0 Å². The molecular weight excluding hydrogens is 306 g/mol. The van der Waals surface area contributed by atoms with E-state index in [0.29, 0.717) is 24.8 Å². The second-order valence-electron chi connectivity index (χ2n) is 4.29. The summed E-state index contributed by atoms with van der Waals surface area (Å²) in [7, 11) is 0. The van der Waals surface area contributed by atoms with E-state index in [1.165, 1.54) is 12.4 Å². The Kier molecular flexibility index (Phi) is 6.60. The summed E-state index contributed by atoms with van der Waals surface area (Å²) in [5.41, 5.74) is 0.769. The van der Waals surface area contributed by atoms with Crippen LogP contribution in [0.1, 0.15) is 5.56 Å². The van der Waals surface area contributed by atoms with Gasteiger partial charge in [0.25, 0.3) is 0 Å². The van der Waals surface area contributed by atoms with E-state index in [1.54, 1.807) is 23.2 Å². The van der Waals surface area contributed by atoms with Crippen molar-refractivity contribution in [1.29, 1.82) is 0 Å².